The highest BCUT2D eigenvalue weighted by Crippen LogP contribution is 2.22. The predicted molar refractivity (Wildman–Crippen MR) is 89.2 cm³/mol. The van der Waals surface area contributed by atoms with Gasteiger partial charge in [0.15, 0.2) is 0 Å². The molecule has 0 spiro atoms. The van der Waals surface area contributed by atoms with Gasteiger partial charge in [-0.05, 0) is 30.5 Å². The van der Waals surface area contributed by atoms with Crippen molar-refractivity contribution in [3.05, 3.63) is 29.8 Å². The second-order valence-corrected chi connectivity index (χ2v) is 6.13. The van der Waals surface area contributed by atoms with Gasteiger partial charge in [-0.15, -0.1) is 0 Å². The van der Waals surface area contributed by atoms with Crippen molar-refractivity contribution < 1.29 is 14.3 Å². The molecule has 2 amide bonds. The zero-order chi connectivity index (χ0) is 16.7. The Balaban J connectivity index is 1.99. The minimum Gasteiger partial charge on any atom is -0.497 e. The first kappa shape index (κ1) is 17.3. The molecule has 5 heteroatoms. The lowest BCUT2D eigenvalue weighted by molar-refractivity contribution is -0.123. The Bertz CT molecular complexity index is 522. The van der Waals surface area contributed by atoms with Crippen molar-refractivity contribution in [2.24, 2.45) is 0 Å². The normalized spacial score (nSPS) is 16.4. The average molecular weight is 318 g/mol. The largest absolute Gasteiger partial charge is 0.497 e. The van der Waals surface area contributed by atoms with Gasteiger partial charge in [-0.3, -0.25) is 9.59 Å². The first-order chi connectivity index (χ1) is 11.1. The molecule has 5 nitrogen and oxygen atoms in total. The van der Waals surface area contributed by atoms with Gasteiger partial charge in [0.1, 0.15) is 5.75 Å². The zero-order valence-corrected chi connectivity index (χ0v) is 13.9. The molecule has 23 heavy (non-hydrogen) atoms. The average Bonchev–Trinajstić information content (AvgIpc) is 2.55. The fourth-order valence-corrected chi connectivity index (χ4v) is 3.05. The van der Waals surface area contributed by atoms with Gasteiger partial charge < -0.3 is 15.4 Å². The van der Waals surface area contributed by atoms with E-state index in [0.29, 0.717) is 0 Å². The van der Waals surface area contributed by atoms with Gasteiger partial charge in [0.2, 0.25) is 11.8 Å². The lowest BCUT2D eigenvalue weighted by atomic mass is 9.95. The maximum atomic E-state index is 12.3. The maximum absolute atomic E-state index is 12.3. The first-order valence-corrected chi connectivity index (χ1v) is 8.29. The van der Waals surface area contributed by atoms with Crippen molar-refractivity contribution in [3.63, 3.8) is 0 Å². The number of rotatable bonds is 6. The van der Waals surface area contributed by atoms with E-state index in [1.54, 1.807) is 7.11 Å². The van der Waals surface area contributed by atoms with Crippen LogP contribution in [0.5, 0.6) is 5.75 Å². The van der Waals surface area contributed by atoms with Crippen molar-refractivity contribution in [2.45, 2.75) is 57.5 Å². The third kappa shape index (κ3) is 5.58. The van der Waals surface area contributed by atoms with E-state index in [1.165, 1.54) is 26.2 Å². The Morgan fingerprint density at radius 1 is 1.17 bits per heavy atom. The lowest BCUT2D eigenvalue weighted by Gasteiger charge is -2.24. The monoisotopic (exact) mass is 318 g/mol. The summed E-state index contributed by atoms with van der Waals surface area (Å²) in [4.78, 5) is 23.8. The smallest absolute Gasteiger partial charge is 0.222 e. The van der Waals surface area contributed by atoms with Crippen LogP contribution in [-0.2, 0) is 9.59 Å². The number of hydrogen-bond donors (Lipinski definition) is 2. The molecule has 1 fully saturated rings. The van der Waals surface area contributed by atoms with Crippen LogP contribution in [0.2, 0.25) is 0 Å². The molecule has 0 aliphatic heterocycles. The van der Waals surface area contributed by atoms with Gasteiger partial charge in [0.25, 0.3) is 0 Å². The number of methoxy groups -OCH3 is 1. The van der Waals surface area contributed by atoms with Crippen LogP contribution in [0.3, 0.4) is 0 Å². The lowest BCUT2D eigenvalue weighted by Crippen LogP contribution is -2.39. The van der Waals surface area contributed by atoms with Crippen molar-refractivity contribution in [1.29, 1.82) is 0 Å². The third-order valence-corrected chi connectivity index (χ3v) is 4.26. The summed E-state index contributed by atoms with van der Waals surface area (Å²) in [5.41, 5.74) is 0.903. The van der Waals surface area contributed by atoms with Crippen molar-refractivity contribution in [2.75, 3.05) is 7.11 Å². The van der Waals surface area contributed by atoms with Gasteiger partial charge in [-0.2, -0.15) is 0 Å². The van der Waals surface area contributed by atoms with Gasteiger partial charge in [-0.1, -0.05) is 31.4 Å². The number of carbonyl (C=O) groups is 2. The molecule has 0 bridgehead atoms. The Hall–Kier alpha value is -2.04. The van der Waals surface area contributed by atoms with E-state index >= 15 is 0 Å². The van der Waals surface area contributed by atoms with E-state index in [0.717, 1.165) is 24.2 Å². The van der Waals surface area contributed by atoms with Crippen LogP contribution < -0.4 is 15.4 Å². The van der Waals surface area contributed by atoms with Crippen LogP contribution >= 0.6 is 0 Å². The van der Waals surface area contributed by atoms with Crippen molar-refractivity contribution >= 4 is 11.8 Å². The molecule has 0 heterocycles. The Morgan fingerprint density at radius 3 is 2.39 bits per heavy atom. The Kier molecular flexibility index (Phi) is 6.44. The summed E-state index contributed by atoms with van der Waals surface area (Å²) in [6.45, 7) is 1.47. The topological polar surface area (TPSA) is 67.4 Å². The zero-order valence-electron chi connectivity index (χ0n) is 13.9. The minimum absolute atomic E-state index is 0.00790. The number of benzene rings is 1. The Morgan fingerprint density at radius 2 is 1.83 bits per heavy atom. The van der Waals surface area contributed by atoms with Crippen molar-refractivity contribution in [1.82, 2.24) is 10.6 Å². The van der Waals surface area contributed by atoms with Gasteiger partial charge >= 0.3 is 0 Å². The molecular formula is C18H26N2O3. The first-order valence-electron chi connectivity index (χ1n) is 8.29. The van der Waals surface area contributed by atoms with Crippen LogP contribution in [0, 0.1) is 0 Å². The summed E-state index contributed by atoms with van der Waals surface area (Å²) in [7, 11) is 1.61. The summed E-state index contributed by atoms with van der Waals surface area (Å²) >= 11 is 0. The van der Waals surface area contributed by atoms with E-state index in [9.17, 15) is 9.59 Å². The highest BCUT2D eigenvalue weighted by Gasteiger charge is 2.20. The quantitative estimate of drug-likeness (QED) is 0.847. The predicted octanol–water partition coefficient (Wildman–Crippen LogP) is 2.71. The highest BCUT2D eigenvalue weighted by molar-refractivity contribution is 5.79. The molecular weight excluding hydrogens is 292 g/mol. The second-order valence-electron chi connectivity index (χ2n) is 6.13. The fourth-order valence-electron chi connectivity index (χ4n) is 3.05. The molecule has 126 valence electrons. The summed E-state index contributed by atoms with van der Waals surface area (Å²) in [5.74, 6) is 0.602. The maximum Gasteiger partial charge on any atom is 0.222 e. The molecule has 1 aliphatic carbocycles. The van der Waals surface area contributed by atoms with E-state index in [1.807, 2.05) is 24.3 Å². The van der Waals surface area contributed by atoms with Crippen LogP contribution in [0.15, 0.2) is 24.3 Å². The van der Waals surface area contributed by atoms with E-state index in [-0.39, 0.29) is 30.3 Å². The Labute approximate surface area is 137 Å². The molecule has 0 radical (unpaired) electrons. The molecule has 0 saturated heterocycles. The summed E-state index contributed by atoms with van der Waals surface area (Å²) in [6, 6.07) is 7.40. The SMILES string of the molecule is COc1ccc([C@@H](CC(=O)NC2CCCCC2)NC(C)=O)cc1. The van der Waals surface area contributed by atoms with Gasteiger partial charge in [-0.25, -0.2) is 0 Å². The third-order valence-electron chi connectivity index (χ3n) is 4.26. The molecule has 1 atom stereocenters. The van der Waals surface area contributed by atoms with E-state index in [4.69, 9.17) is 4.74 Å². The van der Waals surface area contributed by atoms with E-state index < -0.39 is 0 Å². The summed E-state index contributed by atoms with van der Waals surface area (Å²) in [6.07, 6.45) is 5.98. The molecule has 2 rings (SSSR count). The molecule has 2 N–H and O–H groups in total. The summed E-state index contributed by atoms with van der Waals surface area (Å²) in [5, 5.41) is 5.96. The van der Waals surface area contributed by atoms with Gasteiger partial charge in [0.05, 0.1) is 19.6 Å². The molecule has 1 aromatic rings. The van der Waals surface area contributed by atoms with Crippen molar-refractivity contribution in [3.8, 4) is 5.75 Å². The van der Waals surface area contributed by atoms with Crippen LogP contribution in [-0.4, -0.2) is 25.0 Å². The van der Waals surface area contributed by atoms with E-state index in [2.05, 4.69) is 10.6 Å². The number of hydrogen-bond acceptors (Lipinski definition) is 3. The second kappa shape index (κ2) is 8.56. The molecule has 1 aliphatic rings. The fraction of sp³-hybridized carbons (Fsp3) is 0.556. The minimum atomic E-state index is -0.318. The van der Waals surface area contributed by atoms with Gasteiger partial charge in [0, 0.05) is 13.0 Å². The number of nitrogens with one attached hydrogen (secondary N) is 2. The number of ether oxygens (including phenoxy) is 1. The summed E-state index contributed by atoms with van der Waals surface area (Å²) < 4.78 is 5.14. The number of amides is 2. The van der Waals surface area contributed by atoms with Crippen LogP contribution in [0.1, 0.15) is 57.1 Å². The number of carbonyl (C=O) groups excluding carboxylic acids is 2. The molecule has 0 aromatic heterocycles. The van der Waals surface area contributed by atoms with Crippen LogP contribution in [0.4, 0.5) is 0 Å². The van der Waals surface area contributed by atoms with Crippen LogP contribution in [0.25, 0.3) is 0 Å². The molecule has 1 saturated carbocycles. The molecule has 1 aromatic carbocycles. The highest BCUT2D eigenvalue weighted by atomic mass is 16.5. The molecule has 0 unspecified atom stereocenters. The standard InChI is InChI=1S/C18H26N2O3/c1-13(21)19-17(14-8-10-16(23-2)11-9-14)12-18(22)20-15-6-4-3-5-7-15/h8-11,15,17H,3-7,12H2,1-2H3,(H,19,21)(H,20,22)/t17-/m1/s1.